The van der Waals surface area contributed by atoms with E-state index in [0.717, 1.165) is 28.7 Å². The average Bonchev–Trinajstić information content (AvgIpc) is 3.36. The number of hydrogen-bond donors (Lipinski definition) is 2. The minimum Gasteiger partial charge on any atom is -0.383 e. The number of rotatable bonds is 7. The highest BCUT2D eigenvalue weighted by molar-refractivity contribution is 9.11. The third-order valence-electron chi connectivity index (χ3n) is 5.50. The van der Waals surface area contributed by atoms with Gasteiger partial charge in [-0.1, -0.05) is 0 Å². The van der Waals surface area contributed by atoms with Gasteiger partial charge < -0.3 is 20.3 Å². The van der Waals surface area contributed by atoms with E-state index < -0.39 is 5.54 Å². The summed E-state index contributed by atoms with van der Waals surface area (Å²) >= 11 is 4.64. The number of nitrogens with one attached hydrogen (secondary N) is 2. The molecule has 0 saturated carbocycles. The summed E-state index contributed by atoms with van der Waals surface area (Å²) in [6.07, 6.45) is 1.91. The largest absolute Gasteiger partial charge is 0.383 e. The number of likely N-dealkylation sites (tertiary alicyclic amines) is 1. The second kappa shape index (κ2) is 10.1. The summed E-state index contributed by atoms with van der Waals surface area (Å²) in [6.45, 7) is 6.40. The van der Waals surface area contributed by atoms with E-state index in [1.807, 2.05) is 11.8 Å². The molecule has 9 heteroatoms. The molecule has 32 heavy (non-hydrogen) atoms. The van der Waals surface area contributed by atoms with Gasteiger partial charge >= 0.3 is 0 Å². The second-order valence-corrected chi connectivity index (χ2v) is 10.9. The predicted octanol–water partition coefficient (Wildman–Crippen LogP) is 4.22. The molecule has 1 atom stereocenters. The van der Waals surface area contributed by atoms with Gasteiger partial charge in [-0.3, -0.25) is 14.4 Å². The zero-order chi connectivity index (χ0) is 23.5. The van der Waals surface area contributed by atoms with Crippen molar-refractivity contribution in [3.63, 3.8) is 0 Å². The Kier molecular flexibility index (Phi) is 7.74. The normalized spacial score (nSPS) is 16.2. The number of nitrogens with zero attached hydrogens (tertiary/aromatic N) is 1. The Morgan fingerprint density at radius 2 is 2.00 bits per heavy atom. The highest BCUT2D eigenvalue weighted by atomic mass is 79.9. The van der Waals surface area contributed by atoms with Crippen LogP contribution in [0.2, 0.25) is 0 Å². The van der Waals surface area contributed by atoms with Crippen LogP contribution < -0.4 is 10.6 Å². The van der Waals surface area contributed by atoms with Gasteiger partial charge in [-0.25, -0.2) is 0 Å². The minimum absolute atomic E-state index is 0.0189. The molecule has 0 aliphatic carbocycles. The zero-order valence-electron chi connectivity index (χ0n) is 18.7. The molecule has 1 saturated heterocycles. The van der Waals surface area contributed by atoms with E-state index in [2.05, 4.69) is 26.6 Å². The molecule has 1 aromatic heterocycles. The van der Waals surface area contributed by atoms with Gasteiger partial charge in [0.1, 0.15) is 5.54 Å². The summed E-state index contributed by atoms with van der Waals surface area (Å²) in [7, 11) is 1.65. The van der Waals surface area contributed by atoms with Crippen LogP contribution in [0.3, 0.4) is 0 Å². The number of amides is 3. The van der Waals surface area contributed by atoms with Crippen molar-refractivity contribution in [2.45, 2.75) is 45.2 Å². The maximum absolute atomic E-state index is 13.0. The lowest BCUT2D eigenvalue weighted by Crippen LogP contribution is -2.52. The molecule has 0 unspecified atom stereocenters. The fourth-order valence-corrected chi connectivity index (χ4v) is 5.01. The SMILES string of the molecule is COC[C@@H]1CCCN1C(=O)c1ccc(NC(=O)C(C)(C)NC(=O)c2ccc(Br)s2)cc1C. The van der Waals surface area contributed by atoms with Gasteiger partial charge in [0.15, 0.2) is 0 Å². The van der Waals surface area contributed by atoms with E-state index in [4.69, 9.17) is 4.74 Å². The first-order valence-corrected chi connectivity index (χ1v) is 12.0. The Bertz CT molecular complexity index is 1020. The number of thiophene rings is 1. The Morgan fingerprint density at radius 1 is 1.25 bits per heavy atom. The van der Waals surface area contributed by atoms with Gasteiger partial charge in [-0.15, -0.1) is 11.3 Å². The number of carbonyl (C=O) groups excluding carboxylic acids is 3. The van der Waals surface area contributed by atoms with Crippen LogP contribution in [0.25, 0.3) is 0 Å². The van der Waals surface area contributed by atoms with E-state index >= 15 is 0 Å². The quantitative estimate of drug-likeness (QED) is 0.570. The van der Waals surface area contributed by atoms with Crippen molar-refractivity contribution in [1.82, 2.24) is 10.2 Å². The lowest BCUT2D eigenvalue weighted by Gasteiger charge is -2.26. The van der Waals surface area contributed by atoms with Crippen molar-refractivity contribution in [3.8, 4) is 0 Å². The fourth-order valence-electron chi connectivity index (χ4n) is 3.73. The van der Waals surface area contributed by atoms with Crippen LogP contribution in [-0.2, 0) is 9.53 Å². The van der Waals surface area contributed by atoms with Crippen LogP contribution in [0.15, 0.2) is 34.1 Å². The van der Waals surface area contributed by atoms with E-state index in [9.17, 15) is 14.4 Å². The third-order valence-corrected chi connectivity index (χ3v) is 7.12. The van der Waals surface area contributed by atoms with E-state index in [0.29, 0.717) is 22.7 Å². The molecule has 3 rings (SSSR count). The highest BCUT2D eigenvalue weighted by Crippen LogP contribution is 2.25. The lowest BCUT2D eigenvalue weighted by molar-refractivity contribution is -0.120. The summed E-state index contributed by atoms with van der Waals surface area (Å²) in [5.74, 6) is -0.677. The number of halogens is 1. The van der Waals surface area contributed by atoms with Gasteiger partial charge in [-0.2, -0.15) is 0 Å². The topological polar surface area (TPSA) is 87.7 Å². The number of carbonyl (C=O) groups is 3. The minimum atomic E-state index is -1.13. The van der Waals surface area contributed by atoms with Crippen LogP contribution in [-0.4, -0.2) is 54.5 Å². The fraction of sp³-hybridized carbons (Fsp3) is 0.435. The van der Waals surface area contributed by atoms with E-state index in [1.54, 1.807) is 51.3 Å². The molecule has 2 heterocycles. The van der Waals surface area contributed by atoms with Gasteiger partial charge in [-0.05, 0) is 85.4 Å². The van der Waals surface area contributed by atoms with Crippen molar-refractivity contribution in [1.29, 1.82) is 0 Å². The van der Waals surface area contributed by atoms with Crippen molar-refractivity contribution in [2.24, 2.45) is 0 Å². The third kappa shape index (κ3) is 5.57. The van der Waals surface area contributed by atoms with Crippen molar-refractivity contribution < 1.29 is 19.1 Å². The average molecular weight is 522 g/mol. The van der Waals surface area contributed by atoms with E-state index in [-0.39, 0.29) is 23.8 Å². The maximum Gasteiger partial charge on any atom is 0.262 e. The van der Waals surface area contributed by atoms with E-state index in [1.165, 1.54) is 11.3 Å². The first-order valence-electron chi connectivity index (χ1n) is 10.4. The molecule has 2 N–H and O–H groups in total. The van der Waals surface area contributed by atoms with Gasteiger partial charge in [0.25, 0.3) is 11.8 Å². The number of aryl methyl sites for hydroxylation is 1. The molecular formula is C23H28BrN3O4S. The summed E-state index contributed by atoms with van der Waals surface area (Å²) in [5.41, 5.74) is 0.835. The molecular weight excluding hydrogens is 494 g/mol. The number of ether oxygens (including phenoxy) is 1. The van der Waals surface area contributed by atoms with Crippen LogP contribution in [0.4, 0.5) is 5.69 Å². The molecule has 0 radical (unpaired) electrons. The van der Waals surface area contributed by atoms with Crippen molar-refractivity contribution in [2.75, 3.05) is 25.6 Å². The summed E-state index contributed by atoms with van der Waals surface area (Å²) in [5, 5.41) is 5.62. The molecule has 172 valence electrons. The van der Waals surface area contributed by atoms with Crippen molar-refractivity contribution in [3.05, 3.63) is 50.1 Å². The molecule has 1 fully saturated rings. The highest BCUT2D eigenvalue weighted by Gasteiger charge is 2.32. The van der Waals surface area contributed by atoms with Crippen LogP contribution in [0.5, 0.6) is 0 Å². The number of benzene rings is 1. The summed E-state index contributed by atoms with van der Waals surface area (Å²) in [4.78, 5) is 40.7. The molecule has 3 amide bonds. The standard InChI is InChI=1S/C23H28BrN3O4S/c1-14-12-15(7-8-17(14)21(29)27-11-5-6-16(27)13-31-4)25-22(30)23(2,3)26-20(28)18-9-10-19(24)32-18/h7-10,12,16H,5-6,11,13H2,1-4H3,(H,25,30)(H,26,28)/t16-/m0/s1. The molecule has 2 aromatic rings. The molecule has 0 bridgehead atoms. The Balaban J connectivity index is 1.67. The number of anilines is 1. The molecule has 1 aromatic carbocycles. The van der Waals surface area contributed by atoms with Gasteiger partial charge in [0.2, 0.25) is 5.91 Å². The lowest BCUT2D eigenvalue weighted by atomic mass is 10.0. The summed E-state index contributed by atoms with van der Waals surface area (Å²) < 4.78 is 6.10. The monoisotopic (exact) mass is 521 g/mol. The van der Waals surface area contributed by atoms with Gasteiger partial charge in [0, 0.05) is 24.9 Å². The first kappa shape index (κ1) is 24.4. The van der Waals surface area contributed by atoms with Crippen LogP contribution >= 0.6 is 27.3 Å². The molecule has 1 aliphatic heterocycles. The molecule has 1 aliphatic rings. The Labute approximate surface area is 200 Å². The van der Waals surface area contributed by atoms with Crippen molar-refractivity contribution >= 4 is 50.7 Å². The predicted molar refractivity (Wildman–Crippen MR) is 129 cm³/mol. The molecule has 0 spiro atoms. The maximum atomic E-state index is 13.0. The first-order chi connectivity index (χ1) is 15.1. The van der Waals surface area contributed by atoms with Crippen LogP contribution in [0.1, 0.15) is 52.3 Å². The molecule has 7 nitrogen and oxygen atoms in total. The zero-order valence-corrected chi connectivity index (χ0v) is 21.1. The van der Waals surface area contributed by atoms with Gasteiger partial charge in [0.05, 0.1) is 21.3 Å². The smallest absolute Gasteiger partial charge is 0.262 e. The second-order valence-electron chi connectivity index (χ2n) is 8.42. The Hall–Kier alpha value is -2.23. The Morgan fingerprint density at radius 3 is 2.62 bits per heavy atom. The van der Waals surface area contributed by atoms with Crippen LogP contribution in [0, 0.1) is 6.92 Å². The summed E-state index contributed by atoms with van der Waals surface area (Å²) in [6, 6.07) is 8.82. The number of hydrogen-bond acceptors (Lipinski definition) is 5. The number of methoxy groups -OCH3 is 1.